The highest BCUT2D eigenvalue weighted by Gasteiger charge is 2.07. The van der Waals surface area contributed by atoms with Gasteiger partial charge >= 0.3 is 0 Å². The predicted octanol–water partition coefficient (Wildman–Crippen LogP) is 1.29. The summed E-state index contributed by atoms with van der Waals surface area (Å²) in [6, 6.07) is 3.44. The van der Waals surface area contributed by atoms with Crippen molar-refractivity contribution in [2.45, 2.75) is 6.92 Å². The first-order chi connectivity index (χ1) is 6.09. The van der Waals surface area contributed by atoms with Crippen LogP contribution in [0.4, 0.5) is 0 Å². The van der Waals surface area contributed by atoms with Crippen molar-refractivity contribution < 1.29 is 9.59 Å². The van der Waals surface area contributed by atoms with Gasteiger partial charge in [-0.3, -0.25) is 20.4 Å². The Morgan fingerprint density at radius 1 is 1.38 bits per heavy atom. The van der Waals surface area contributed by atoms with Gasteiger partial charge in [-0.1, -0.05) is 0 Å². The molecule has 0 saturated heterocycles. The van der Waals surface area contributed by atoms with E-state index in [0.29, 0.717) is 4.88 Å². The molecule has 0 saturated carbocycles. The van der Waals surface area contributed by atoms with Gasteiger partial charge in [0.15, 0.2) is 0 Å². The molecule has 0 aliphatic rings. The Hall–Kier alpha value is -0.880. The minimum atomic E-state index is -0.314. The van der Waals surface area contributed by atoms with E-state index in [4.69, 9.17) is 0 Å². The van der Waals surface area contributed by atoms with Crippen molar-refractivity contribution in [1.82, 2.24) is 10.9 Å². The molecule has 0 aromatic carbocycles. The van der Waals surface area contributed by atoms with E-state index in [-0.39, 0.29) is 11.8 Å². The minimum absolute atomic E-state index is 0.302. The molecular formula is C7H7BrN2O2S. The van der Waals surface area contributed by atoms with Crippen LogP contribution in [0.5, 0.6) is 0 Å². The van der Waals surface area contributed by atoms with E-state index in [1.807, 2.05) is 0 Å². The largest absolute Gasteiger partial charge is 0.279 e. The molecule has 1 heterocycles. The smallest absolute Gasteiger partial charge is 0.274 e. The van der Waals surface area contributed by atoms with Gasteiger partial charge in [-0.25, -0.2) is 0 Å². The van der Waals surface area contributed by atoms with E-state index in [2.05, 4.69) is 26.8 Å². The van der Waals surface area contributed by atoms with E-state index in [9.17, 15) is 9.59 Å². The monoisotopic (exact) mass is 262 g/mol. The first kappa shape index (κ1) is 10.2. The van der Waals surface area contributed by atoms with Gasteiger partial charge in [0.1, 0.15) is 0 Å². The standard InChI is InChI=1S/C7H7BrN2O2S/c1-4(11)9-10-7(12)5-2-3-6(8)13-5/h2-3H,1H3,(H,9,11)(H,10,12). The van der Waals surface area contributed by atoms with Gasteiger partial charge in [-0.05, 0) is 28.1 Å². The van der Waals surface area contributed by atoms with Gasteiger partial charge in [0.05, 0.1) is 8.66 Å². The Labute approximate surface area is 87.4 Å². The van der Waals surface area contributed by atoms with Crippen molar-refractivity contribution >= 4 is 39.1 Å². The van der Waals surface area contributed by atoms with Crippen LogP contribution >= 0.6 is 27.3 Å². The molecule has 0 unspecified atom stereocenters. The lowest BCUT2D eigenvalue weighted by atomic mass is 10.4. The Morgan fingerprint density at radius 3 is 2.54 bits per heavy atom. The van der Waals surface area contributed by atoms with Crippen molar-refractivity contribution in [1.29, 1.82) is 0 Å². The van der Waals surface area contributed by atoms with Gasteiger partial charge in [0.2, 0.25) is 5.91 Å². The number of thiophene rings is 1. The van der Waals surface area contributed by atoms with Crippen molar-refractivity contribution in [2.75, 3.05) is 0 Å². The zero-order chi connectivity index (χ0) is 9.84. The maximum atomic E-state index is 11.2. The molecule has 0 spiro atoms. The second-order valence-electron chi connectivity index (χ2n) is 2.24. The average Bonchev–Trinajstić information content (AvgIpc) is 2.47. The predicted molar refractivity (Wildman–Crippen MR) is 53.3 cm³/mol. The molecule has 70 valence electrons. The fourth-order valence-corrected chi connectivity index (χ4v) is 1.92. The summed E-state index contributed by atoms with van der Waals surface area (Å²) in [5, 5.41) is 0. The molecule has 0 radical (unpaired) electrons. The highest BCUT2D eigenvalue weighted by atomic mass is 79.9. The number of hydrogen-bond donors (Lipinski definition) is 2. The summed E-state index contributed by atoms with van der Waals surface area (Å²) < 4.78 is 0.875. The van der Waals surface area contributed by atoms with Crippen molar-refractivity contribution in [3.63, 3.8) is 0 Å². The van der Waals surface area contributed by atoms with Crippen LogP contribution in [0.2, 0.25) is 0 Å². The molecule has 0 aliphatic heterocycles. The SMILES string of the molecule is CC(=O)NNC(=O)c1ccc(Br)s1. The molecule has 4 nitrogen and oxygen atoms in total. The number of amides is 2. The Bertz CT molecular complexity index is 337. The molecule has 0 aliphatic carbocycles. The van der Waals surface area contributed by atoms with Crippen LogP contribution in [0.15, 0.2) is 15.9 Å². The third kappa shape index (κ3) is 3.16. The third-order valence-corrected chi connectivity index (χ3v) is 2.77. The molecule has 6 heteroatoms. The fraction of sp³-hybridized carbons (Fsp3) is 0.143. The lowest BCUT2D eigenvalue weighted by Gasteiger charge is -2.01. The maximum absolute atomic E-state index is 11.2. The zero-order valence-corrected chi connectivity index (χ0v) is 9.16. The van der Waals surface area contributed by atoms with Crippen LogP contribution in [-0.2, 0) is 4.79 Å². The van der Waals surface area contributed by atoms with Crippen LogP contribution in [-0.4, -0.2) is 11.8 Å². The lowest BCUT2D eigenvalue weighted by molar-refractivity contribution is -0.119. The van der Waals surface area contributed by atoms with Crippen LogP contribution in [0.1, 0.15) is 16.6 Å². The fourth-order valence-electron chi connectivity index (χ4n) is 0.643. The van der Waals surface area contributed by atoms with E-state index < -0.39 is 0 Å². The highest BCUT2D eigenvalue weighted by Crippen LogP contribution is 2.21. The minimum Gasteiger partial charge on any atom is -0.274 e. The number of carbonyl (C=O) groups is 2. The molecule has 0 atom stereocenters. The van der Waals surface area contributed by atoms with Gasteiger partial charge in [-0.15, -0.1) is 11.3 Å². The summed E-state index contributed by atoms with van der Waals surface area (Å²) in [5.41, 5.74) is 4.47. The third-order valence-electron chi connectivity index (χ3n) is 1.15. The summed E-state index contributed by atoms with van der Waals surface area (Å²) in [4.78, 5) is 22.2. The van der Waals surface area contributed by atoms with Crippen LogP contribution < -0.4 is 10.9 Å². The first-order valence-corrected chi connectivity index (χ1v) is 5.03. The Kier molecular flexibility index (Phi) is 3.44. The normalized spacial score (nSPS) is 9.38. The molecule has 0 fully saturated rings. The Morgan fingerprint density at radius 2 is 2.08 bits per heavy atom. The molecule has 1 aromatic heterocycles. The number of hydrazine groups is 1. The molecule has 1 aromatic rings. The summed E-state index contributed by atoms with van der Waals surface area (Å²) in [7, 11) is 0. The second-order valence-corrected chi connectivity index (χ2v) is 4.70. The number of nitrogens with one attached hydrogen (secondary N) is 2. The highest BCUT2D eigenvalue weighted by molar-refractivity contribution is 9.11. The van der Waals surface area contributed by atoms with Gasteiger partial charge < -0.3 is 0 Å². The second kappa shape index (κ2) is 4.38. The van der Waals surface area contributed by atoms with Crippen LogP contribution in [0.25, 0.3) is 0 Å². The Balaban J connectivity index is 2.54. The number of rotatable bonds is 1. The first-order valence-electron chi connectivity index (χ1n) is 3.42. The van der Waals surface area contributed by atoms with Crippen molar-refractivity contribution in [2.24, 2.45) is 0 Å². The maximum Gasteiger partial charge on any atom is 0.279 e. The summed E-state index contributed by atoms with van der Waals surface area (Å²) >= 11 is 4.53. The zero-order valence-electron chi connectivity index (χ0n) is 6.76. The molecule has 2 N–H and O–H groups in total. The number of carbonyl (C=O) groups excluding carboxylic acids is 2. The van der Waals surface area contributed by atoms with Gasteiger partial charge in [0, 0.05) is 6.92 Å². The van der Waals surface area contributed by atoms with Gasteiger partial charge in [-0.2, -0.15) is 0 Å². The van der Waals surface area contributed by atoms with Gasteiger partial charge in [0.25, 0.3) is 5.91 Å². The van der Waals surface area contributed by atoms with Crippen LogP contribution in [0, 0.1) is 0 Å². The van der Waals surface area contributed by atoms with Crippen LogP contribution in [0.3, 0.4) is 0 Å². The lowest BCUT2D eigenvalue weighted by Crippen LogP contribution is -2.39. The average molecular weight is 263 g/mol. The topological polar surface area (TPSA) is 58.2 Å². The molecule has 0 bridgehead atoms. The number of halogens is 1. The van der Waals surface area contributed by atoms with E-state index in [1.165, 1.54) is 18.3 Å². The van der Waals surface area contributed by atoms with E-state index >= 15 is 0 Å². The van der Waals surface area contributed by atoms with E-state index in [0.717, 1.165) is 3.79 Å². The summed E-state index contributed by atoms with van der Waals surface area (Å²) in [6.45, 7) is 1.32. The summed E-state index contributed by atoms with van der Waals surface area (Å²) in [6.07, 6.45) is 0. The molecule has 13 heavy (non-hydrogen) atoms. The van der Waals surface area contributed by atoms with Crippen molar-refractivity contribution in [3.8, 4) is 0 Å². The number of hydrogen-bond acceptors (Lipinski definition) is 3. The molecule has 1 rings (SSSR count). The molecule has 2 amide bonds. The molecular weight excluding hydrogens is 256 g/mol. The summed E-state index contributed by atoms with van der Waals surface area (Å²) in [5.74, 6) is -0.616. The van der Waals surface area contributed by atoms with E-state index in [1.54, 1.807) is 12.1 Å². The quantitative estimate of drug-likeness (QED) is 0.750. The van der Waals surface area contributed by atoms with Crippen molar-refractivity contribution in [3.05, 3.63) is 20.8 Å².